The Morgan fingerprint density at radius 2 is 1.64 bits per heavy atom. The van der Waals surface area contributed by atoms with E-state index in [-0.39, 0.29) is 11.9 Å². The summed E-state index contributed by atoms with van der Waals surface area (Å²) in [5, 5.41) is 12.6. The Hall–Kier alpha value is -3.81. The van der Waals surface area contributed by atoms with E-state index in [2.05, 4.69) is 32.6 Å². The molecule has 1 aliphatic heterocycles. The number of hydrogen-bond donors (Lipinski definition) is 0. The van der Waals surface area contributed by atoms with Gasteiger partial charge in [-0.05, 0) is 40.8 Å². The van der Waals surface area contributed by atoms with Gasteiger partial charge in [0.1, 0.15) is 6.04 Å². The van der Waals surface area contributed by atoms with E-state index in [1.54, 1.807) is 10.9 Å². The van der Waals surface area contributed by atoms with Gasteiger partial charge in [0, 0.05) is 31.9 Å². The molecule has 1 aliphatic rings. The number of imidazole rings is 1. The van der Waals surface area contributed by atoms with E-state index >= 15 is 0 Å². The van der Waals surface area contributed by atoms with Gasteiger partial charge in [-0.25, -0.2) is 9.67 Å². The molecule has 5 rings (SSSR count). The van der Waals surface area contributed by atoms with Crippen LogP contribution in [0.3, 0.4) is 0 Å². The fourth-order valence-corrected chi connectivity index (χ4v) is 4.58. The average molecular weight is 442 g/mol. The van der Waals surface area contributed by atoms with Gasteiger partial charge in [0.15, 0.2) is 5.82 Å². The number of tetrazole rings is 1. The first-order chi connectivity index (χ1) is 16.3. The first kappa shape index (κ1) is 21.1. The zero-order valence-electron chi connectivity index (χ0n) is 18.4. The number of aromatic nitrogens is 6. The summed E-state index contributed by atoms with van der Waals surface area (Å²) >= 11 is 0. The van der Waals surface area contributed by atoms with Crippen LogP contribution < -0.4 is 0 Å². The second-order valence-corrected chi connectivity index (χ2v) is 8.41. The summed E-state index contributed by atoms with van der Waals surface area (Å²) in [6, 6.07) is 19.8. The number of benzene rings is 2. The summed E-state index contributed by atoms with van der Waals surface area (Å²) < 4.78 is 3.79. The van der Waals surface area contributed by atoms with Crippen molar-refractivity contribution >= 4 is 5.91 Å². The molecule has 0 fully saturated rings. The highest BCUT2D eigenvalue weighted by Gasteiger charge is 2.41. The SMILES string of the molecule is O=C1C(Cc2ccccc2)n2nnnc2C(CCc2ccccc2)N1CCCn1ccnc1. The van der Waals surface area contributed by atoms with Crippen molar-refractivity contribution in [3.63, 3.8) is 0 Å². The average Bonchev–Trinajstić information content (AvgIpc) is 3.55. The van der Waals surface area contributed by atoms with Crippen LogP contribution in [0.1, 0.15) is 41.9 Å². The third-order valence-electron chi connectivity index (χ3n) is 6.25. The van der Waals surface area contributed by atoms with E-state index in [0.717, 1.165) is 37.2 Å². The molecule has 4 aromatic rings. The number of nitrogens with zero attached hydrogens (tertiary/aromatic N) is 7. The summed E-state index contributed by atoms with van der Waals surface area (Å²) in [5.41, 5.74) is 2.34. The number of carbonyl (C=O) groups is 1. The predicted octanol–water partition coefficient (Wildman–Crippen LogP) is 3.26. The van der Waals surface area contributed by atoms with Crippen molar-refractivity contribution in [2.75, 3.05) is 6.54 Å². The van der Waals surface area contributed by atoms with Gasteiger partial charge in [0.05, 0.1) is 12.4 Å². The minimum Gasteiger partial charge on any atom is -0.337 e. The smallest absolute Gasteiger partial charge is 0.248 e. The topological polar surface area (TPSA) is 81.7 Å². The highest BCUT2D eigenvalue weighted by Crippen LogP contribution is 2.34. The van der Waals surface area contributed by atoms with Crippen LogP contribution in [0, 0.1) is 0 Å². The summed E-state index contributed by atoms with van der Waals surface area (Å²) in [5.74, 6) is 0.858. The minimum atomic E-state index is -0.432. The molecular formula is C25H27N7O. The van der Waals surface area contributed by atoms with Crippen molar-refractivity contribution in [1.29, 1.82) is 0 Å². The first-order valence-corrected chi connectivity index (χ1v) is 11.4. The summed E-state index contributed by atoms with van der Waals surface area (Å²) in [6.45, 7) is 1.46. The first-order valence-electron chi connectivity index (χ1n) is 11.4. The van der Waals surface area contributed by atoms with E-state index in [1.165, 1.54) is 5.56 Å². The molecule has 8 nitrogen and oxygen atoms in total. The lowest BCUT2D eigenvalue weighted by Gasteiger charge is -2.38. The molecule has 2 aromatic heterocycles. The van der Waals surface area contributed by atoms with Crippen LogP contribution >= 0.6 is 0 Å². The highest BCUT2D eigenvalue weighted by molar-refractivity contribution is 5.82. The Bertz CT molecular complexity index is 1160. The van der Waals surface area contributed by atoms with Crippen molar-refractivity contribution in [2.45, 2.75) is 44.3 Å². The number of fused-ring (bicyclic) bond motifs is 1. The number of carbonyl (C=O) groups excluding carboxylic acids is 1. The Kier molecular flexibility index (Phi) is 6.23. The number of rotatable bonds is 9. The zero-order chi connectivity index (χ0) is 22.5. The molecule has 33 heavy (non-hydrogen) atoms. The van der Waals surface area contributed by atoms with Crippen molar-refractivity contribution in [2.24, 2.45) is 0 Å². The Labute approximate surface area is 192 Å². The fraction of sp³-hybridized carbons (Fsp3) is 0.320. The number of aryl methyl sites for hydroxylation is 2. The Morgan fingerprint density at radius 3 is 2.36 bits per heavy atom. The molecule has 2 aromatic carbocycles. The predicted molar refractivity (Wildman–Crippen MR) is 123 cm³/mol. The molecule has 0 spiro atoms. The normalized spacial score (nSPS) is 17.8. The molecule has 2 atom stereocenters. The number of hydrogen-bond acceptors (Lipinski definition) is 5. The van der Waals surface area contributed by atoms with Gasteiger partial charge in [-0.3, -0.25) is 4.79 Å². The van der Waals surface area contributed by atoms with Crippen LogP contribution in [0.2, 0.25) is 0 Å². The molecule has 0 N–H and O–H groups in total. The summed E-state index contributed by atoms with van der Waals surface area (Å²) in [4.78, 5) is 19.9. The lowest BCUT2D eigenvalue weighted by Crippen LogP contribution is -2.47. The van der Waals surface area contributed by atoms with Gasteiger partial charge in [0.2, 0.25) is 5.91 Å². The molecule has 0 saturated carbocycles. The van der Waals surface area contributed by atoms with Crippen LogP contribution in [0.25, 0.3) is 0 Å². The standard InChI is InChI=1S/C25H27N7O/c33-25-23(18-21-10-5-2-6-11-21)32-24(27-28-29-32)22(13-12-20-8-3-1-4-9-20)31(25)16-7-15-30-17-14-26-19-30/h1-6,8-11,14,17,19,22-23H,7,12-13,15-16,18H2. The maximum atomic E-state index is 13.8. The Balaban J connectivity index is 1.40. The summed E-state index contributed by atoms with van der Waals surface area (Å²) in [7, 11) is 0. The lowest BCUT2D eigenvalue weighted by molar-refractivity contribution is -0.141. The minimum absolute atomic E-state index is 0.0855. The van der Waals surface area contributed by atoms with E-state index < -0.39 is 6.04 Å². The molecule has 0 saturated heterocycles. The van der Waals surface area contributed by atoms with Gasteiger partial charge in [-0.15, -0.1) is 5.10 Å². The molecule has 8 heteroatoms. The maximum Gasteiger partial charge on any atom is 0.248 e. The van der Waals surface area contributed by atoms with Crippen LogP contribution in [0.15, 0.2) is 79.4 Å². The molecule has 0 radical (unpaired) electrons. The third kappa shape index (κ3) is 4.69. The molecule has 3 heterocycles. The molecular weight excluding hydrogens is 414 g/mol. The maximum absolute atomic E-state index is 13.8. The van der Waals surface area contributed by atoms with E-state index in [0.29, 0.717) is 13.0 Å². The quantitative estimate of drug-likeness (QED) is 0.398. The van der Waals surface area contributed by atoms with Crippen LogP contribution in [-0.4, -0.2) is 47.1 Å². The van der Waals surface area contributed by atoms with Crippen molar-refractivity contribution in [1.82, 2.24) is 34.7 Å². The van der Waals surface area contributed by atoms with Crippen LogP contribution in [0.4, 0.5) is 0 Å². The largest absolute Gasteiger partial charge is 0.337 e. The van der Waals surface area contributed by atoms with Gasteiger partial charge < -0.3 is 9.47 Å². The lowest BCUT2D eigenvalue weighted by atomic mass is 9.97. The van der Waals surface area contributed by atoms with Gasteiger partial charge in [0.25, 0.3) is 0 Å². The second-order valence-electron chi connectivity index (χ2n) is 8.41. The molecule has 1 amide bonds. The van der Waals surface area contributed by atoms with Crippen molar-refractivity contribution < 1.29 is 4.79 Å². The fourth-order valence-electron chi connectivity index (χ4n) is 4.58. The highest BCUT2D eigenvalue weighted by atomic mass is 16.2. The molecule has 0 bridgehead atoms. The van der Waals surface area contributed by atoms with Gasteiger partial charge in [-0.1, -0.05) is 60.7 Å². The number of amides is 1. The Morgan fingerprint density at radius 1 is 0.879 bits per heavy atom. The summed E-state index contributed by atoms with van der Waals surface area (Å²) in [6.07, 6.45) is 8.57. The molecule has 168 valence electrons. The second kappa shape index (κ2) is 9.77. The third-order valence-corrected chi connectivity index (χ3v) is 6.25. The van der Waals surface area contributed by atoms with E-state index in [4.69, 9.17) is 0 Å². The van der Waals surface area contributed by atoms with Crippen LogP contribution in [0.5, 0.6) is 0 Å². The van der Waals surface area contributed by atoms with Crippen molar-refractivity contribution in [3.05, 3.63) is 96.3 Å². The van der Waals surface area contributed by atoms with Crippen molar-refractivity contribution in [3.8, 4) is 0 Å². The molecule has 0 aliphatic carbocycles. The van der Waals surface area contributed by atoms with Gasteiger partial charge in [-0.2, -0.15) is 0 Å². The van der Waals surface area contributed by atoms with Gasteiger partial charge >= 0.3 is 0 Å². The van der Waals surface area contributed by atoms with E-state index in [9.17, 15) is 4.79 Å². The zero-order valence-corrected chi connectivity index (χ0v) is 18.4. The molecule has 2 unspecified atom stereocenters. The van der Waals surface area contributed by atoms with E-state index in [1.807, 2.05) is 70.5 Å². The van der Waals surface area contributed by atoms with Crippen LogP contribution in [-0.2, 0) is 24.2 Å². The monoisotopic (exact) mass is 441 g/mol.